The van der Waals surface area contributed by atoms with Gasteiger partial charge in [0.1, 0.15) is 34.5 Å². The molecule has 2 heterocycles. The van der Waals surface area contributed by atoms with Gasteiger partial charge in [-0.15, -0.1) is 0 Å². The van der Waals surface area contributed by atoms with Gasteiger partial charge in [-0.05, 0) is 171 Å². The standard InChI is InChI=1S/C59H68N2O5/c1-37-29-47(30-38(2)53(37)62)58(21-25-60(9,10)26-22-58)49-33-41(5)56(42(6)34-49)65-51-17-13-45(14-18-51)55(64)46-15-19-52(20-16-46)66-57-43(7)35-50(36-44(57)8)59(23-27-61(11,12)28-24-59)48-31-39(3)54(63)40(4)32-48/h13-20,29-36H,21-28H2,1-12H3/p+2. The van der Waals surface area contributed by atoms with Gasteiger partial charge in [-0.2, -0.15) is 0 Å². The molecule has 2 N–H and O–H groups in total. The Balaban J connectivity index is 0.975. The Morgan fingerprint density at radius 2 is 0.667 bits per heavy atom. The topological polar surface area (TPSA) is 76.0 Å². The number of benzene rings is 6. The highest BCUT2D eigenvalue weighted by Crippen LogP contribution is 2.48. The van der Waals surface area contributed by atoms with Crippen LogP contribution >= 0.6 is 0 Å². The van der Waals surface area contributed by atoms with Gasteiger partial charge in [0, 0.05) is 47.6 Å². The highest BCUT2D eigenvalue weighted by molar-refractivity contribution is 6.09. The lowest BCUT2D eigenvalue weighted by Gasteiger charge is -2.46. The number of hydrogen-bond acceptors (Lipinski definition) is 5. The zero-order valence-corrected chi connectivity index (χ0v) is 41.4. The molecule has 0 spiro atoms. The van der Waals surface area contributed by atoms with Gasteiger partial charge in [0.25, 0.3) is 0 Å². The first-order valence-corrected chi connectivity index (χ1v) is 23.7. The number of piperidine rings is 2. The van der Waals surface area contributed by atoms with Gasteiger partial charge in [-0.3, -0.25) is 4.79 Å². The lowest BCUT2D eigenvalue weighted by Crippen LogP contribution is -2.51. The van der Waals surface area contributed by atoms with Crippen LogP contribution < -0.4 is 9.47 Å². The minimum Gasteiger partial charge on any atom is -0.507 e. The van der Waals surface area contributed by atoms with Crippen molar-refractivity contribution in [3.8, 4) is 34.5 Å². The molecule has 2 saturated heterocycles. The van der Waals surface area contributed by atoms with Crippen molar-refractivity contribution in [1.82, 2.24) is 0 Å². The average molecular weight is 887 g/mol. The van der Waals surface area contributed by atoms with Crippen molar-refractivity contribution in [2.75, 3.05) is 54.4 Å². The minimum absolute atomic E-state index is 0.0694. The minimum atomic E-state index is -0.161. The van der Waals surface area contributed by atoms with Crippen LogP contribution in [-0.4, -0.2) is 79.3 Å². The van der Waals surface area contributed by atoms with Gasteiger partial charge in [0.2, 0.25) is 0 Å². The van der Waals surface area contributed by atoms with E-state index in [0.29, 0.717) is 34.1 Å². The largest absolute Gasteiger partial charge is 0.507 e. The monoisotopic (exact) mass is 887 g/mol. The van der Waals surface area contributed by atoms with Crippen molar-refractivity contribution in [2.24, 2.45) is 0 Å². The predicted octanol–water partition coefficient (Wildman–Crippen LogP) is 12.7. The van der Waals surface area contributed by atoms with Gasteiger partial charge in [0.15, 0.2) is 5.78 Å². The average Bonchev–Trinajstić information content (AvgIpc) is 3.27. The van der Waals surface area contributed by atoms with E-state index < -0.39 is 0 Å². The summed E-state index contributed by atoms with van der Waals surface area (Å²) in [6, 6.07) is 32.7. The molecule has 0 saturated carbocycles. The molecule has 6 aromatic carbocycles. The third kappa shape index (κ3) is 8.88. The third-order valence-corrected chi connectivity index (χ3v) is 15.4. The van der Waals surface area contributed by atoms with Crippen molar-refractivity contribution in [3.63, 3.8) is 0 Å². The number of phenols is 2. The van der Waals surface area contributed by atoms with E-state index >= 15 is 0 Å². The summed E-state index contributed by atoms with van der Waals surface area (Å²) in [6.45, 7) is 20.7. The van der Waals surface area contributed by atoms with E-state index in [0.717, 1.165) is 117 Å². The maximum atomic E-state index is 13.8. The molecule has 7 nitrogen and oxygen atoms in total. The fraction of sp³-hybridized carbons (Fsp3) is 0.373. The molecule has 8 rings (SSSR count). The third-order valence-electron chi connectivity index (χ3n) is 15.4. The van der Waals surface area contributed by atoms with Gasteiger partial charge >= 0.3 is 0 Å². The summed E-state index contributed by atoms with van der Waals surface area (Å²) in [5.41, 5.74) is 13.9. The Kier molecular flexibility index (Phi) is 12.3. The first-order valence-electron chi connectivity index (χ1n) is 23.7. The maximum absolute atomic E-state index is 13.8. The first-order chi connectivity index (χ1) is 31.1. The quantitative estimate of drug-likeness (QED) is 0.106. The van der Waals surface area contributed by atoms with Gasteiger partial charge in [0.05, 0.1) is 54.4 Å². The summed E-state index contributed by atoms with van der Waals surface area (Å²) < 4.78 is 15.1. The van der Waals surface area contributed by atoms with Crippen LogP contribution in [0.2, 0.25) is 0 Å². The van der Waals surface area contributed by atoms with Crippen molar-refractivity contribution < 1.29 is 33.4 Å². The lowest BCUT2D eigenvalue weighted by molar-refractivity contribution is -0.896. The Labute approximate surface area is 393 Å². The summed E-state index contributed by atoms with van der Waals surface area (Å²) in [6.07, 6.45) is 4.07. The van der Waals surface area contributed by atoms with E-state index in [1.807, 2.05) is 76.2 Å². The Hall–Kier alpha value is -5.89. The van der Waals surface area contributed by atoms with E-state index in [4.69, 9.17) is 9.47 Å². The number of aryl methyl sites for hydroxylation is 8. The summed E-state index contributed by atoms with van der Waals surface area (Å²) in [4.78, 5) is 13.8. The number of phenolic OH excluding ortho intramolecular Hbond substituents is 2. The van der Waals surface area contributed by atoms with Crippen molar-refractivity contribution >= 4 is 5.78 Å². The fourth-order valence-corrected chi connectivity index (χ4v) is 10.9. The van der Waals surface area contributed by atoms with Crippen molar-refractivity contribution in [3.05, 3.63) is 175 Å². The SMILES string of the molecule is Cc1cc(C2(c3cc(C)c(Oc4ccc(C(=O)c5ccc(Oc6c(C)cc(C7(c8cc(C)c(O)c(C)c8)CC[N+](C)(C)CC7)cc6C)cc5)cc4)c(C)c3)CC[N+](C)(C)CC2)cc(C)c1O. The number of rotatable bonds is 10. The van der Waals surface area contributed by atoms with Gasteiger partial charge < -0.3 is 28.7 Å². The van der Waals surface area contributed by atoms with E-state index in [1.165, 1.54) is 22.3 Å². The zero-order chi connectivity index (χ0) is 47.5. The highest BCUT2D eigenvalue weighted by atomic mass is 16.5. The van der Waals surface area contributed by atoms with Crippen molar-refractivity contribution in [1.29, 1.82) is 0 Å². The molecule has 344 valence electrons. The van der Waals surface area contributed by atoms with Crippen LogP contribution in [0.3, 0.4) is 0 Å². The highest BCUT2D eigenvalue weighted by Gasteiger charge is 2.44. The van der Waals surface area contributed by atoms with E-state index in [2.05, 4.69) is 104 Å². The lowest BCUT2D eigenvalue weighted by atomic mass is 9.66. The van der Waals surface area contributed by atoms with Crippen LogP contribution in [0.5, 0.6) is 34.5 Å². The fourth-order valence-electron chi connectivity index (χ4n) is 10.9. The zero-order valence-electron chi connectivity index (χ0n) is 41.4. The Morgan fingerprint density at radius 3 is 0.924 bits per heavy atom. The summed E-state index contributed by atoms with van der Waals surface area (Å²) in [7, 11) is 9.24. The molecule has 0 aliphatic carbocycles. The molecule has 0 unspecified atom stereocenters. The number of hydrogen-bond donors (Lipinski definition) is 2. The summed E-state index contributed by atoms with van der Waals surface area (Å²) in [5, 5.41) is 21.3. The molecule has 66 heavy (non-hydrogen) atoms. The Bertz CT molecular complexity index is 2530. The smallest absolute Gasteiger partial charge is 0.193 e. The molecule has 0 aromatic heterocycles. The second-order valence-corrected chi connectivity index (χ2v) is 21.3. The van der Waals surface area contributed by atoms with Gasteiger partial charge in [-0.1, -0.05) is 48.5 Å². The number of nitrogens with zero attached hydrogens (tertiary/aromatic N) is 2. The van der Waals surface area contributed by atoms with E-state index in [1.54, 1.807) is 0 Å². The molecule has 2 fully saturated rings. The van der Waals surface area contributed by atoms with Crippen molar-refractivity contribution in [2.45, 2.75) is 91.9 Å². The second-order valence-electron chi connectivity index (χ2n) is 21.3. The molecular formula is C59H70N2O5+2. The molecule has 2 aliphatic heterocycles. The molecule has 0 bridgehead atoms. The second kappa shape index (κ2) is 17.4. The molecule has 2 aliphatic rings. The van der Waals surface area contributed by atoms with Gasteiger partial charge in [-0.25, -0.2) is 0 Å². The summed E-state index contributed by atoms with van der Waals surface area (Å²) >= 11 is 0. The Morgan fingerprint density at radius 1 is 0.424 bits per heavy atom. The molecule has 0 amide bonds. The number of carbonyl (C=O) groups is 1. The van der Waals surface area contributed by atoms with Crippen LogP contribution in [0.1, 0.15) is 108 Å². The van der Waals surface area contributed by atoms with Crippen LogP contribution in [-0.2, 0) is 10.8 Å². The van der Waals surface area contributed by atoms with E-state index in [-0.39, 0.29) is 16.6 Å². The molecule has 7 heteroatoms. The number of ketones is 1. The molecule has 6 aromatic rings. The molecular weight excluding hydrogens is 817 g/mol. The van der Waals surface area contributed by atoms with Crippen LogP contribution in [0.4, 0.5) is 0 Å². The number of ether oxygens (including phenoxy) is 2. The van der Waals surface area contributed by atoms with Crippen LogP contribution in [0.15, 0.2) is 97.1 Å². The predicted molar refractivity (Wildman–Crippen MR) is 267 cm³/mol. The number of carbonyl (C=O) groups excluding carboxylic acids is 1. The van der Waals surface area contributed by atoms with E-state index in [9.17, 15) is 15.0 Å². The number of likely N-dealkylation sites (tertiary alicyclic amines) is 2. The number of quaternary nitrogens is 2. The normalized spacial score (nSPS) is 17.3. The maximum Gasteiger partial charge on any atom is 0.193 e. The first kappa shape index (κ1) is 46.6. The molecule has 0 atom stereocenters. The summed E-state index contributed by atoms with van der Waals surface area (Å²) in [5.74, 6) is 3.68. The van der Waals surface area contributed by atoms with Crippen LogP contribution in [0.25, 0.3) is 0 Å². The molecule has 0 radical (unpaired) electrons. The van der Waals surface area contributed by atoms with Crippen LogP contribution in [0, 0.1) is 55.4 Å². The number of aromatic hydroxyl groups is 2.